The molecule has 0 aliphatic carbocycles. The highest BCUT2D eigenvalue weighted by atomic mass is 32.1. The number of carbonyl (C=O) groups is 1. The number of nitrogens with zero attached hydrogens (tertiary/aromatic N) is 2. The maximum absolute atomic E-state index is 13.4. The van der Waals surface area contributed by atoms with Crippen molar-refractivity contribution in [3.63, 3.8) is 0 Å². The molecule has 0 unspecified atom stereocenters. The first kappa shape index (κ1) is 20.8. The van der Waals surface area contributed by atoms with E-state index in [1.54, 1.807) is 11.4 Å². The number of aromatic nitrogens is 2. The van der Waals surface area contributed by atoms with Gasteiger partial charge < -0.3 is 5.32 Å². The summed E-state index contributed by atoms with van der Waals surface area (Å²) in [5.74, 6) is -0.325. The minimum absolute atomic E-state index is 0.190. The molecular weight excluding hydrogens is 410 g/mol. The van der Waals surface area contributed by atoms with Crippen molar-refractivity contribution < 1.29 is 4.79 Å². The fraction of sp³-hybridized carbons (Fsp3) is 0.208. The van der Waals surface area contributed by atoms with E-state index in [1.165, 1.54) is 20.5 Å². The molecule has 158 valence electrons. The number of carbonyl (C=O) groups excluding carboxylic acids is 1. The molecule has 0 saturated carbocycles. The van der Waals surface area contributed by atoms with Crippen LogP contribution in [0, 0.1) is 27.7 Å². The lowest BCUT2D eigenvalue weighted by atomic mass is 10.1. The Balaban J connectivity index is 1.83. The quantitative estimate of drug-likeness (QED) is 0.527. The van der Waals surface area contributed by atoms with Crippen molar-refractivity contribution in [1.29, 1.82) is 0 Å². The van der Waals surface area contributed by atoms with Gasteiger partial charge in [-0.2, -0.15) is 0 Å². The molecule has 0 fully saturated rings. The molecule has 0 atom stereocenters. The molecule has 2 aromatic heterocycles. The fourth-order valence-electron chi connectivity index (χ4n) is 3.62. The van der Waals surface area contributed by atoms with Crippen LogP contribution in [0.4, 0.5) is 5.69 Å². The number of anilines is 1. The Labute approximate surface area is 183 Å². The molecule has 2 aromatic carbocycles. The molecule has 4 rings (SSSR count). The minimum Gasteiger partial charge on any atom is -0.324 e. The van der Waals surface area contributed by atoms with E-state index in [2.05, 4.69) is 5.32 Å². The Bertz CT molecular complexity index is 1440. The predicted octanol–water partition coefficient (Wildman–Crippen LogP) is 4.09. The average molecular weight is 434 g/mol. The number of rotatable bonds is 4. The molecule has 0 saturated heterocycles. The fourth-order valence-corrected chi connectivity index (χ4v) is 4.44. The summed E-state index contributed by atoms with van der Waals surface area (Å²) in [5.41, 5.74) is 4.54. The van der Waals surface area contributed by atoms with E-state index in [0.29, 0.717) is 21.6 Å². The summed E-state index contributed by atoms with van der Waals surface area (Å²) in [5, 5.41) is 4.66. The van der Waals surface area contributed by atoms with Gasteiger partial charge in [-0.1, -0.05) is 24.3 Å². The summed E-state index contributed by atoms with van der Waals surface area (Å²) < 4.78 is 2.99. The second-order valence-corrected chi connectivity index (χ2v) is 8.72. The second-order valence-electron chi connectivity index (χ2n) is 7.80. The normalized spacial score (nSPS) is 11.1. The van der Waals surface area contributed by atoms with Crippen LogP contribution in [0.1, 0.15) is 22.3 Å². The van der Waals surface area contributed by atoms with Crippen LogP contribution >= 0.6 is 11.3 Å². The molecule has 0 bridgehead atoms. The number of thiophene rings is 1. The first-order chi connectivity index (χ1) is 14.8. The van der Waals surface area contributed by atoms with Crippen LogP contribution in [-0.2, 0) is 11.3 Å². The van der Waals surface area contributed by atoms with Crippen molar-refractivity contribution in [3.05, 3.63) is 90.9 Å². The van der Waals surface area contributed by atoms with Gasteiger partial charge in [-0.25, -0.2) is 9.36 Å². The third-order valence-electron chi connectivity index (χ3n) is 5.33. The first-order valence-electron chi connectivity index (χ1n) is 9.94. The zero-order valence-corrected chi connectivity index (χ0v) is 18.7. The minimum atomic E-state index is -0.527. The van der Waals surface area contributed by atoms with Gasteiger partial charge in [0.05, 0.1) is 11.2 Å². The molecule has 4 aromatic rings. The van der Waals surface area contributed by atoms with Crippen molar-refractivity contribution in [2.45, 2.75) is 34.2 Å². The zero-order valence-electron chi connectivity index (χ0n) is 17.9. The third kappa shape index (κ3) is 3.84. The van der Waals surface area contributed by atoms with Gasteiger partial charge in [0.2, 0.25) is 5.91 Å². The van der Waals surface area contributed by atoms with Crippen molar-refractivity contribution in [3.8, 4) is 5.69 Å². The van der Waals surface area contributed by atoms with E-state index < -0.39 is 5.69 Å². The molecule has 0 spiro atoms. The van der Waals surface area contributed by atoms with Crippen LogP contribution in [-0.4, -0.2) is 15.0 Å². The number of nitrogens with one attached hydrogen (secondary N) is 1. The van der Waals surface area contributed by atoms with Crippen LogP contribution in [0.5, 0.6) is 0 Å². The predicted molar refractivity (Wildman–Crippen MR) is 126 cm³/mol. The highest BCUT2D eigenvalue weighted by Gasteiger charge is 2.19. The first-order valence-corrected chi connectivity index (χ1v) is 10.8. The summed E-state index contributed by atoms with van der Waals surface area (Å²) in [6, 6.07) is 13.2. The molecule has 6 nitrogen and oxygen atoms in total. The van der Waals surface area contributed by atoms with Gasteiger partial charge in [-0.3, -0.25) is 14.2 Å². The zero-order chi connectivity index (χ0) is 22.3. The van der Waals surface area contributed by atoms with Crippen molar-refractivity contribution in [1.82, 2.24) is 9.13 Å². The summed E-state index contributed by atoms with van der Waals surface area (Å²) in [6.07, 6.45) is 0. The van der Waals surface area contributed by atoms with Crippen LogP contribution in [0.2, 0.25) is 0 Å². The summed E-state index contributed by atoms with van der Waals surface area (Å²) in [6.45, 7) is 7.45. The molecule has 0 aliphatic heterocycles. The van der Waals surface area contributed by atoms with Gasteiger partial charge in [0, 0.05) is 5.69 Å². The largest absolute Gasteiger partial charge is 0.336 e. The maximum atomic E-state index is 13.4. The lowest BCUT2D eigenvalue weighted by molar-refractivity contribution is -0.116. The number of aryl methyl sites for hydroxylation is 4. The monoisotopic (exact) mass is 433 g/mol. The number of benzene rings is 2. The van der Waals surface area contributed by atoms with Crippen LogP contribution in [0.15, 0.2) is 57.4 Å². The van der Waals surface area contributed by atoms with Crippen LogP contribution in [0.3, 0.4) is 0 Å². The molecular formula is C24H23N3O3S. The van der Waals surface area contributed by atoms with Gasteiger partial charge in [0.1, 0.15) is 11.2 Å². The highest BCUT2D eigenvalue weighted by Crippen LogP contribution is 2.20. The van der Waals surface area contributed by atoms with Crippen molar-refractivity contribution in [2.75, 3.05) is 5.32 Å². The maximum Gasteiger partial charge on any atom is 0.336 e. The molecule has 1 amide bonds. The standard InChI is InChI=1S/C24H23N3O3S/c1-14-5-7-16(3)18(11-14)25-21(28)13-26-19-9-10-31-22(19)23(29)27(24(26)30)20-12-15(2)6-8-17(20)4/h5-12H,13H2,1-4H3,(H,25,28). The Morgan fingerprint density at radius 2 is 1.61 bits per heavy atom. The van der Waals surface area contributed by atoms with E-state index in [0.717, 1.165) is 22.3 Å². The number of fused-ring (bicyclic) bond motifs is 1. The summed E-state index contributed by atoms with van der Waals surface area (Å²) in [7, 11) is 0. The Morgan fingerprint density at radius 1 is 0.935 bits per heavy atom. The van der Waals surface area contributed by atoms with Gasteiger partial charge >= 0.3 is 5.69 Å². The van der Waals surface area contributed by atoms with Gasteiger partial charge in [-0.05, 0) is 73.5 Å². The topological polar surface area (TPSA) is 73.1 Å². The molecule has 7 heteroatoms. The van der Waals surface area contributed by atoms with Crippen molar-refractivity contribution >= 4 is 33.1 Å². The van der Waals surface area contributed by atoms with E-state index in [-0.39, 0.29) is 18.0 Å². The van der Waals surface area contributed by atoms with Gasteiger partial charge in [-0.15, -0.1) is 11.3 Å². The van der Waals surface area contributed by atoms with Gasteiger partial charge in [0.15, 0.2) is 0 Å². The lowest BCUT2D eigenvalue weighted by Crippen LogP contribution is -2.40. The molecule has 31 heavy (non-hydrogen) atoms. The average Bonchev–Trinajstić information content (AvgIpc) is 3.21. The van der Waals surface area contributed by atoms with E-state index in [9.17, 15) is 14.4 Å². The number of amides is 1. The SMILES string of the molecule is Cc1ccc(C)c(NC(=O)Cn2c(=O)n(-c3cc(C)ccc3C)c(=O)c3sccc32)c1. The Hall–Kier alpha value is -3.45. The molecule has 0 radical (unpaired) electrons. The Morgan fingerprint density at radius 3 is 2.35 bits per heavy atom. The molecule has 0 aliphatic rings. The van der Waals surface area contributed by atoms with Crippen LogP contribution < -0.4 is 16.6 Å². The summed E-state index contributed by atoms with van der Waals surface area (Å²) >= 11 is 1.27. The van der Waals surface area contributed by atoms with E-state index in [4.69, 9.17) is 0 Å². The van der Waals surface area contributed by atoms with E-state index >= 15 is 0 Å². The third-order valence-corrected chi connectivity index (χ3v) is 6.22. The Kier molecular flexibility index (Phi) is 5.37. The lowest BCUT2D eigenvalue weighted by Gasteiger charge is -2.15. The van der Waals surface area contributed by atoms with Gasteiger partial charge in [0.25, 0.3) is 5.56 Å². The number of hydrogen-bond acceptors (Lipinski definition) is 4. The highest BCUT2D eigenvalue weighted by molar-refractivity contribution is 7.17. The molecule has 2 heterocycles. The van der Waals surface area contributed by atoms with Crippen molar-refractivity contribution in [2.24, 2.45) is 0 Å². The number of hydrogen-bond donors (Lipinski definition) is 1. The van der Waals surface area contributed by atoms with E-state index in [1.807, 2.05) is 64.1 Å². The second kappa shape index (κ2) is 8.00. The van der Waals surface area contributed by atoms with Crippen LogP contribution in [0.25, 0.3) is 15.9 Å². The molecule has 1 N–H and O–H groups in total. The summed E-state index contributed by atoms with van der Waals surface area (Å²) in [4.78, 5) is 39.4. The smallest absolute Gasteiger partial charge is 0.324 e.